The Balaban J connectivity index is 1.46. The number of aromatic nitrogens is 2. The van der Waals surface area contributed by atoms with E-state index in [4.69, 9.17) is 14.6 Å². The summed E-state index contributed by atoms with van der Waals surface area (Å²) >= 11 is 2.42. The molecule has 1 saturated carbocycles. The molecular weight excluding hydrogens is 491 g/mol. The van der Waals surface area contributed by atoms with Crippen LogP contribution in [0.3, 0.4) is 0 Å². The zero-order chi connectivity index (χ0) is 21.7. The van der Waals surface area contributed by atoms with E-state index in [0.29, 0.717) is 18.4 Å². The minimum Gasteiger partial charge on any atom is -0.458 e. The van der Waals surface area contributed by atoms with Crippen molar-refractivity contribution in [3.05, 3.63) is 39.6 Å². The zero-order valence-corrected chi connectivity index (χ0v) is 20.6. The van der Waals surface area contributed by atoms with Crippen LogP contribution in [0.2, 0.25) is 0 Å². The normalized spacial score (nSPS) is 19.6. The summed E-state index contributed by atoms with van der Waals surface area (Å²) in [6.07, 6.45) is 4.64. The molecule has 0 spiro atoms. The second kappa shape index (κ2) is 10.3. The third-order valence-corrected chi connectivity index (χ3v) is 6.86. The quantitative estimate of drug-likeness (QED) is 0.348. The van der Waals surface area contributed by atoms with Gasteiger partial charge in [0.2, 0.25) is 0 Å². The van der Waals surface area contributed by atoms with Crippen LogP contribution in [0.25, 0.3) is 11.3 Å². The van der Waals surface area contributed by atoms with Gasteiger partial charge in [0, 0.05) is 17.8 Å². The smallest absolute Gasteiger partial charge is 0.332 e. The summed E-state index contributed by atoms with van der Waals surface area (Å²) in [5.74, 6) is 0.890. The first-order chi connectivity index (χ1) is 14.2. The van der Waals surface area contributed by atoms with E-state index in [1.807, 2.05) is 26.8 Å². The summed E-state index contributed by atoms with van der Waals surface area (Å²) in [4.78, 5) is 11.8. The van der Waals surface area contributed by atoms with Crippen molar-refractivity contribution in [3.8, 4) is 11.3 Å². The Hall–Kier alpha value is -1.41. The van der Waals surface area contributed by atoms with Gasteiger partial charge in [0.05, 0.1) is 10.2 Å². The van der Waals surface area contributed by atoms with Gasteiger partial charge in [-0.15, -0.1) is 0 Å². The molecule has 3 rings (SSSR count). The summed E-state index contributed by atoms with van der Waals surface area (Å²) in [6.45, 7) is 9.44. The highest BCUT2D eigenvalue weighted by molar-refractivity contribution is 14.1. The van der Waals surface area contributed by atoms with Crippen LogP contribution in [-0.2, 0) is 20.8 Å². The molecule has 0 N–H and O–H groups in total. The van der Waals surface area contributed by atoms with E-state index in [0.717, 1.165) is 25.1 Å². The lowest BCUT2D eigenvalue weighted by atomic mass is 9.82. The Kier molecular flexibility index (Phi) is 7.96. The lowest BCUT2D eigenvalue weighted by molar-refractivity contribution is -0.160. The monoisotopic (exact) mass is 524 g/mol. The second-order valence-electron chi connectivity index (χ2n) is 9.28. The minimum atomic E-state index is -0.457. The Morgan fingerprint density at radius 3 is 2.40 bits per heavy atom. The molecule has 6 heteroatoms. The number of hydrogen-bond acceptors (Lipinski definition) is 4. The molecule has 0 aliphatic heterocycles. The number of nitrogens with zero attached hydrogens (tertiary/aromatic N) is 2. The molecule has 164 valence electrons. The molecule has 0 radical (unpaired) electrons. The fourth-order valence-corrected chi connectivity index (χ4v) is 4.69. The van der Waals surface area contributed by atoms with E-state index in [1.165, 1.54) is 27.7 Å². The van der Waals surface area contributed by atoms with Crippen molar-refractivity contribution < 1.29 is 14.3 Å². The van der Waals surface area contributed by atoms with Crippen LogP contribution >= 0.6 is 22.6 Å². The van der Waals surface area contributed by atoms with Crippen LogP contribution in [0.4, 0.5) is 0 Å². The number of benzene rings is 1. The molecule has 1 aliphatic rings. The minimum absolute atomic E-state index is 0.0460. The van der Waals surface area contributed by atoms with Crippen molar-refractivity contribution in [1.29, 1.82) is 0 Å². The van der Waals surface area contributed by atoms with Gasteiger partial charge in [0.25, 0.3) is 0 Å². The molecule has 30 heavy (non-hydrogen) atoms. The molecule has 1 aromatic heterocycles. The number of esters is 1. The fraction of sp³-hybridized carbons (Fsp3) is 0.583. The molecule has 0 bridgehead atoms. The van der Waals surface area contributed by atoms with Gasteiger partial charge in [0.15, 0.2) is 0 Å². The predicted molar refractivity (Wildman–Crippen MR) is 127 cm³/mol. The summed E-state index contributed by atoms with van der Waals surface area (Å²) in [6, 6.07) is 10.4. The molecule has 0 unspecified atom stereocenters. The number of carbonyl (C=O) groups is 1. The van der Waals surface area contributed by atoms with Gasteiger partial charge in [-0.05, 0) is 87.8 Å². The highest BCUT2D eigenvalue weighted by Gasteiger charge is 2.24. The fourth-order valence-electron chi connectivity index (χ4n) is 3.99. The topological polar surface area (TPSA) is 53.4 Å². The van der Waals surface area contributed by atoms with Crippen LogP contribution in [0.5, 0.6) is 0 Å². The number of rotatable bonds is 7. The molecule has 1 heterocycles. The lowest BCUT2D eigenvalue weighted by Crippen LogP contribution is -2.28. The summed E-state index contributed by atoms with van der Waals surface area (Å²) < 4.78 is 14.3. The Labute approximate surface area is 193 Å². The van der Waals surface area contributed by atoms with Crippen LogP contribution in [0.1, 0.15) is 52.1 Å². The number of hydrogen-bond donors (Lipinski definition) is 0. The highest BCUT2D eigenvalue weighted by Crippen LogP contribution is 2.32. The summed E-state index contributed by atoms with van der Waals surface area (Å²) in [5.41, 5.74) is 3.05. The third-order valence-electron chi connectivity index (χ3n) is 5.57. The largest absolute Gasteiger partial charge is 0.458 e. The molecule has 0 atom stereocenters. The number of carbonyl (C=O) groups excluding carboxylic acids is 1. The predicted octanol–water partition coefficient (Wildman–Crippen LogP) is 5.63. The SMILES string of the molecule is Cc1c(I)c(-c2ccccc2)nn1C[C@H]1CC[C@H](COCC(=O)OC(C)(C)C)CC1. The van der Waals surface area contributed by atoms with Crippen molar-refractivity contribution >= 4 is 28.6 Å². The van der Waals surface area contributed by atoms with Crippen molar-refractivity contribution in [2.24, 2.45) is 11.8 Å². The average Bonchev–Trinajstić information content (AvgIpc) is 2.97. The van der Waals surface area contributed by atoms with Crippen LogP contribution in [0, 0.1) is 22.3 Å². The maximum atomic E-state index is 11.8. The van der Waals surface area contributed by atoms with Gasteiger partial charge in [-0.1, -0.05) is 30.3 Å². The average molecular weight is 524 g/mol. The van der Waals surface area contributed by atoms with Gasteiger partial charge in [-0.2, -0.15) is 5.10 Å². The molecule has 5 nitrogen and oxygen atoms in total. The first kappa shape index (κ1) is 23.3. The van der Waals surface area contributed by atoms with Crippen LogP contribution in [0.15, 0.2) is 30.3 Å². The molecule has 0 amide bonds. The highest BCUT2D eigenvalue weighted by atomic mass is 127. The third kappa shape index (κ3) is 6.54. The molecule has 2 aromatic rings. The Morgan fingerprint density at radius 2 is 1.77 bits per heavy atom. The van der Waals surface area contributed by atoms with E-state index < -0.39 is 5.60 Å². The maximum absolute atomic E-state index is 11.8. The number of ether oxygens (including phenoxy) is 2. The number of halogens is 1. The van der Waals surface area contributed by atoms with Gasteiger partial charge >= 0.3 is 5.97 Å². The molecular formula is C24H33IN2O3. The van der Waals surface area contributed by atoms with E-state index in [-0.39, 0.29) is 12.6 Å². The van der Waals surface area contributed by atoms with E-state index in [1.54, 1.807) is 0 Å². The first-order valence-electron chi connectivity index (χ1n) is 10.8. The van der Waals surface area contributed by atoms with E-state index in [2.05, 4.69) is 58.5 Å². The zero-order valence-electron chi connectivity index (χ0n) is 18.5. The molecule has 1 aliphatic carbocycles. The molecule has 1 fully saturated rings. The maximum Gasteiger partial charge on any atom is 0.332 e. The Morgan fingerprint density at radius 1 is 1.13 bits per heavy atom. The molecule has 0 saturated heterocycles. The van der Waals surface area contributed by atoms with Gasteiger partial charge < -0.3 is 9.47 Å². The van der Waals surface area contributed by atoms with Gasteiger partial charge in [-0.25, -0.2) is 4.79 Å². The van der Waals surface area contributed by atoms with Gasteiger partial charge in [0.1, 0.15) is 17.9 Å². The van der Waals surface area contributed by atoms with Crippen molar-refractivity contribution in [3.63, 3.8) is 0 Å². The van der Waals surface area contributed by atoms with Crippen molar-refractivity contribution in [1.82, 2.24) is 9.78 Å². The van der Waals surface area contributed by atoms with E-state index >= 15 is 0 Å². The summed E-state index contributed by atoms with van der Waals surface area (Å²) in [7, 11) is 0. The van der Waals surface area contributed by atoms with Crippen molar-refractivity contribution in [2.45, 2.75) is 65.5 Å². The first-order valence-corrected chi connectivity index (χ1v) is 11.9. The van der Waals surface area contributed by atoms with Crippen LogP contribution in [-0.4, -0.2) is 34.6 Å². The summed E-state index contributed by atoms with van der Waals surface area (Å²) in [5, 5.41) is 4.92. The second-order valence-corrected chi connectivity index (χ2v) is 10.4. The van der Waals surface area contributed by atoms with Crippen LogP contribution < -0.4 is 0 Å². The van der Waals surface area contributed by atoms with Crippen molar-refractivity contribution in [2.75, 3.05) is 13.2 Å². The molecule has 1 aromatic carbocycles. The Bertz CT molecular complexity index is 834. The standard InChI is InChI=1S/C24H33IN2O3/c1-17-22(25)23(20-8-6-5-7-9-20)26-27(17)14-18-10-12-19(13-11-18)15-29-16-21(28)30-24(2,3)4/h5-9,18-19H,10-16H2,1-4H3/t18-,19-. The lowest BCUT2D eigenvalue weighted by Gasteiger charge is -2.28. The van der Waals surface area contributed by atoms with Gasteiger partial charge in [-0.3, -0.25) is 4.68 Å². The van der Waals surface area contributed by atoms with E-state index in [9.17, 15) is 4.79 Å².